The van der Waals surface area contributed by atoms with Gasteiger partial charge in [0.2, 0.25) is 5.95 Å². The molecule has 0 fully saturated rings. The van der Waals surface area contributed by atoms with E-state index in [0.717, 1.165) is 5.75 Å². The Balaban J connectivity index is 1.69. The molecule has 0 atom stereocenters. The lowest BCUT2D eigenvalue weighted by molar-refractivity contribution is 0.366. The van der Waals surface area contributed by atoms with Gasteiger partial charge >= 0.3 is 0 Å². The number of thioether (sulfide) groups is 1. The number of hydrogen-bond acceptors (Lipinski definition) is 5. The van der Waals surface area contributed by atoms with Crippen LogP contribution in [0.1, 0.15) is 26.3 Å². The van der Waals surface area contributed by atoms with Crippen molar-refractivity contribution in [3.63, 3.8) is 0 Å². The minimum atomic E-state index is -0.235. The molecule has 0 saturated carbocycles. The zero-order valence-electron chi connectivity index (χ0n) is 15.0. The van der Waals surface area contributed by atoms with Crippen LogP contribution in [0.2, 0.25) is 0 Å². The minimum Gasteiger partial charge on any atom is -0.355 e. The molecule has 0 spiro atoms. The summed E-state index contributed by atoms with van der Waals surface area (Å²) >= 11 is 1.77. The molecular formula is C18H23N5OS. The van der Waals surface area contributed by atoms with Gasteiger partial charge < -0.3 is 5.32 Å². The number of fused-ring (bicyclic) bond motifs is 1. The van der Waals surface area contributed by atoms with E-state index >= 15 is 0 Å². The Bertz CT molecular complexity index is 921. The number of nitrogens with one attached hydrogen (secondary N) is 2. The van der Waals surface area contributed by atoms with Gasteiger partial charge in [-0.1, -0.05) is 17.7 Å². The van der Waals surface area contributed by atoms with Crippen LogP contribution in [0, 0.1) is 6.92 Å². The van der Waals surface area contributed by atoms with Crippen LogP contribution < -0.4 is 10.9 Å². The van der Waals surface area contributed by atoms with Gasteiger partial charge in [0, 0.05) is 17.2 Å². The Morgan fingerprint density at radius 2 is 1.96 bits per heavy atom. The number of aromatic nitrogens is 4. The van der Waals surface area contributed by atoms with Gasteiger partial charge in [-0.25, -0.2) is 4.68 Å². The first-order valence-electron chi connectivity index (χ1n) is 8.26. The van der Waals surface area contributed by atoms with E-state index in [1.54, 1.807) is 22.6 Å². The van der Waals surface area contributed by atoms with Crippen molar-refractivity contribution in [2.24, 2.45) is 0 Å². The third-order valence-corrected chi connectivity index (χ3v) is 4.77. The molecule has 132 valence electrons. The first-order valence-corrected chi connectivity index (χ1v) is 9.25. The van der Waals surface area contributed by atoms with Gasteiger partial charge in [0.15, 0.2) is 5.65 Å². The molecule has 7 heteroatoms. The molecule has 0 bridgehead atoms. The van der Waals surface area contributed by atoms with Crippen LogP contribution >= 0.6 is 11.8 Å². The van der Waals surface area contributed by atoms with Crippen LogP contribution in [0.3, 0.4) is 0 Å². The standard InChI is InChI=1S/C18H23N5OS/c1-12-5-7-13(8-6-12)25-10-9-19-17-21-15-14(16(24)22-17)11-20-23(15)18(2,3)4/h5-8,11H,9-10H2,1-4H3,(H2,19,21,22,24). The molecule has 0 aliphatic rings. The molecule has 0 aliphatic carbocycles. The maximum Gasteiger partial charge on any atom is 0.263 e. The van der Waals surface area contributed by atoms with Crippen molar-refractivity contribution in [1.29, 1.82) is 0 Å². The average molecular weight is 357 g/mol. The zero-order chi connectivity index (χ0) is 18.0. The van der Waals surface area contributed by atoms with Gasteiger partial charge in [0.05, 0.1) is 11.7 Å². The number of benzene rings is 1. The van der Waals surface area contributed by atoms with Crippen LogP contribution in [0.25, 0.3) is 11.0 Å². The molecule has 3 aromatic rings. The summed E-state index contributed by atoms with van der Waals surface area (Å²) < 4.78 is 1.78. The quantitative estimate of drug-likeness (QED) is 0.541. The largest absolute Gasteiger partial charge is 0.355 e. The zero-order valence-corrected chi connectivity index (χ0v) is 15.8. The summed E-state index contributed by atoms with van der Waals surface area (Å²) in [7, 11) is 0. The smallest absolute Gasteiger partial charge is 0.263 e. The predicted octanol–water partition coefficient (Wildman–Crippen LogP) is 3.39. The Morgan fingerprint density at radius 3 is 2.64 bits per heavy atom. The summed E-state index contributed by atoms with van der Waals surface area (Å²) in [5.41, 5.74) is 1.45. The van der Waals surface area contributed by atoms with Crippen LogP contribution in [-0.2, 0) is 5.54 Å². The van der Waals surface area contributed by atoms with E-state index < -0.39 is 0 Å². The van der Waals surface area contributed by atoms with Crippen LogP contribution in [-0.4, -0.2) is 32.0 Å². The maximum absolute atomic E-state index is 12.2. The van der Waals surface area contributed by atoms with Gasteiger partial charge in [0.1, 0.15) is 5.39 Å². The summed E-state index contributed by atoms with van der Waals surface area (Å²) in [5, 5.41) is 8.02. The fourth-order valence-corrected chi connectivity index (χ4v) is 3.23. The van der Waals surface area contributed by atoms with E-state index in [4.69, 9.17) is 0 Å². The van der Waals surface area contributed by atoms with E-state index in [9.17, 15) is 4.79 Å². The molecule has 1 aromatic carbocycles. The Labute approximate surface area is 151 Å². The Kier molecular flexibility index (Phi) is 4.85. The van der Waals surface area contributed by atoms with Crippen molar-refractivity contribution < 1.29 is 0 Å². The summed E-state index contributed by atoms with van der Waals surface area (Å²) in [5.74, 6) is 1.36. The highest BCUT2D eigenvalue weighted by molar-refractivity contribution is 7.99. The second-order valence-electron chi connectivity index (χ2n) is 6.97. The highest BCUT2D eigenvalue weighted by Crippen LogP contribution is 2.20. The maximum atomic E-state index is 12.2. The number of H-pyrrole nitrogens is 1. The number of rotatable bonds is 5. The monoisotopic (exact) mass is 357 g/mol. The third-order valence-electron chi connectivity index (χ3n) is 3.76. The first kappa shape index (κ1) is 17.5. The molecule has 25 heavy (non-hydrogen) atoms. The summed E-state index contributed by atoms with van der Waals surface area (Å²) in [6.07, 6.45) is 1.57. The van der Waals surface area contributed by atoms with Crippen LogP contribution in [0.4, 0.5) is 5.95 Å². The topological polar surface area (TPSA) is 75.6 Å². The summed E-state index contributed by atoms with van der Waals surface area (Å²) in [6.45, 7) is 8.89. The molecule has 2 N–H and O–H groups in total. The van der Waals surface area contributed by atoms with Crippen molar-refractivity contribution in [1.82, 2.24) is 19.7 Å². The molecule has 3 rings (SSSR count). The highest BCUT2D eigenvalue weighted by Gasteiger charge is 2.19. The number of hydrogen-bond donors (Lipinski definition) is 2. The fraction of sp³-hybridized carbons (Fsp3) is 0.389. The second kappa shape index (κ2) is 6.92. The highest BCUT2D eigenvalue weighted by atomic mass is 32.2. The number of aryl methyl sites for hydroxylation is 1. The predicted molar refractivity (Wildman–Crippen MR) is 104 cm³/mol. The third kappa shape index (κ3) is 4.04. The van der Waals surface area contributed by atoms with Gasteiger partial charge in [-0.05, 0) is 39.8 Å². The number of aromatic amines is 1. The molecule has 0 radical (unpaired) electrons. The van der Waals surface area contributed by atoms with E-state index in [1.165, 1.54) is 10.5 Å². The lowest BCUT2D eigenvalue weighted by Gasteiger charge is -2.19. The van der Waals surface area contributed by atoms with Crippen molar-refractivity contribution in [2.75, 3.05) is 17.6 Å². The number of anilines is 1. The van der Waals surface area contributed by atoms with Gasteiger partial charge in [-0.3, -0.25) is 9.78 Å². The first-order chi connectivity index (χ1) is 11.8. The van der Waals surface area contributed by atoms with Crippen LogP contribution in [0.5, 0.6) is 0 Å². The normalized spacial score (nSPS) is 11.8. The molecule has 2 heterocycles. The fourth-order valence-electron chi connectivity index (χ4n) is 2.47. The van der Waals surface area contributed by atoms with Crippen molar-refractivity contribution in [3.05, 3.63) is 46.4 Å². The lowest BCUT2D eigenvalue weighted by Crippen LogP contribution is -2.24. The average Bonchev–Trinajstić information content (AvgIpc) is 2.98. The van der Waals surface area contributed by atoms with Crippen molar-refractivity contribution in [2.45, 2.75) is 38.1 Å². The van der Waals surface area contributed by atoms with Crippen molar-refractivity contribution >= 4 is 28.7 Å². The molecule has 6 nitrogen and oxygen atoms in total. The van der Waals surface area contributed by atoms with Gasteiger partial charge in [0.25, 0.3) is 5.56 Å². The SMILES string of the molecule is Cc1ccc(SCCNc2nc3c(cnn3C(C)(C)C)c(=O)[nH]2)cc1. The second-order valence-corrected chi connectivity index (χ2v) is 8.14. The molecule has 0 saturated heterocycles. The van der Waals surface area contributed by atoms with E-state index in [2.05, 4.69) is 51.6 Å². The van der Waals surface area contributed by atoms with Gasteiger partial charge in [-0.2, -0.15) is 10.1 Å². The van der Waals surface area contributed by atoms with Gasteiger partial charge in [-0.15, -0.1) is 11.8 Å². The molecule has 2 aromatic heterocycles. The van der Waals surface area contributed by atoms with Crippen LogP contribution in [0.15, 0.2) is 40.2 Å². The molecule has 0 unspecified atom stereocenters. The Hall–Kier alpha value is -2.28. The lowest BCUT2D eigenvalue weighted by atomic mass is 10.1. The minimum absolute atomic E-state index is 0.172. The van der Waals surface area contributed by atoms with E-state index in [1.807, 2.05) is 20.8 Å². The summed E-state index contributed by atoms with van der Waals surface area (Å²) in [4.78, 5) is 20.8. The van der Waals surface area contributed by atoms with Crippen molar-refractivity contribution in [3.8, 4) is 0 Å². The molecule has 0 aliphatic heterocycles. The van der Waals surface area contributed by atoms with E-state index in [0.29, 0.717) is 23.5 Å². The van der Waals surface area contributed by atoms with E-state index in [-0.39, 0.29) is 11.1 Å². The molecular weight excluding hydrogens is 334 g/mol. The summed E-state index contributed by atoms with van der Waals surface area (Å²) in [6, 6.07) is 8.45. The molecule has 0 amide bonds. The number of nitrogens with zero attached hydrogens (tertiary/aromatic N) is 3. The Morgan fingerprint density at radius 1 is 1.24 bits per heavy atom.